The summed E-state index contributed by atoms with van der Waals surface area (Å²) in [7, 11) is 1.72. The van der Waals surface area contributed by atoms with Crippen LogP contribution >= 0.6 is 0 Å². The van der Waals surface area contributed by atoms with Gasteiger partial charge in [-0.2, -0.15) is 0 Å². The summed E-state index contributed by atoms with van der Waals surface area (Å²) in [4.78, 5) is 30.8. The van der Waals surface area contributed by atoms with Crippen molar-refractivity contribution in [2.75, 3.05) is 20.1 Å². The first-order valence-electron chi connectivity index (χ1n) is 15.1. The number of nitro groups is 1. The van der Waals surface area contributed by atoms with E-state index in [1.165, 1.54) is 5.56 Å². The van der Waals surface area contributed by atoms with Gasteiger partial charge in [0, 0.05) is 42.0 Å². The van der Waals surface area contributed by atoms with Crippen LogP contribution in [0.1, 0.15) is 47.1 Å². The molecule has 220 valence electrons. The van der Waals surface area contributed by atoms with Crippen molar-refractivity contribution in [3.63, 3.8) is 0 Å². The van der Waals surface area contributed by atoms with E-state index in [-0.39, 0.29) is 22.6 Å². The highest BCUT2D eigenvalue weighted by Crippen LogP contribution is 2.66. The van der Waals surface area contributed by atoms with Crippen molar-refractivity contribution in [2.24, 2.45) is 0 Å². The molecule has 2 aliphatic carbocycles. The minimum absolute atomic E-state index is 0.00306. The van der Waals surface area contributed by atoms with Gasteiger partial charge in [0.25, 0.3) is 11.4 Å². The third kappa shape index (κ3) is 3.98. The zero-order valence-electron chi connectivity index (χ0n) is 24.5. The minimum Gasteiger partial charge on any atom is -0.504 e. The van der Waals surface area contributed by atoms with Crippen molar-refractivity contribution in [2.45, 2.75) is 68.2 Å². The Morgan fingerprint density at radius 1 is 1.16 bits per heavy atom. The number of nitrogens with zero attached hydrogens (tertiary/aromatic N) is 3. The highest BCUT2D eigenvalue weighted by atomic mass is 16.6. The SMILES string of the molecule is Cc1cccc(C#CC(=O)N(C)[C@H]2CC[C@@]3([N+](=O)[O-])[C@H]4Cc5ccc(O)c6c5[C@@]3(CCN4CCc3ccccc3)[C@H]2O6)c1. The monoisotopic (exact) mass is 577 g/mol. The number of ether oxygens (including phenoxy) is 1. The summed E-state index contributed by atoms with van der Waals surface area (Å²) in [5.41, 5.74) is 2.54. The second-order valence-electron chi connectivity index (χ2n) is 12.5. The van der Waals surface area contributed by atoms with Gasteiger partial charge < -0.3 is 14.7 Å². The fraction of sp³-hybridized carbons (Fsp3) is 0.400. The summed E-state index contributed by atoms with van der Waals surface area (Å²) in [5, 5.41) is 24.4. The minimum atomic E-state index is -1.30. The van der Waals surface area contributed by atoms with Crippen LogP contribution in [0.25, 0.3) is 0 Å². The second kappa shape index (κ2) is 10.1. The van der Waals surface area contributed by atoms with Gasteiger partial charge >= 0.3 is 0 Å². The van der Waals surface area contributed by atoms with E-state index in [1.54, 1.807) is 18.0 Å². The lowest BCUT2D eigenvalue weighted by molar-refractivity contribution is -0.606. The molecule has 8 nitrogen and oxygen atoms in total. The Balaban J connectivity index is 1.27. The van der Waals surface area contributed by atoms with Crippen molar-refractivity contribution >= 4 is 5.91 Å². The lowest BCUT2D eigenvalue weighted by Gasteiger charge is -2.61. The molecule has 3 aromatic rings. The first-order chi connectivity index (χ1) is 20.8. The summed E-state index contributed by atoms with van der Waals surface area (Å²) in [6, 6.07) is 20.7. The quantitative estimate of drug-likeness (QED) is 0.277. The van der Waals surface area contributed by atoms with Gasteiger partial charge in [0.2, 0.25) is 0 Å². The normalized spacial score (nSPS) is 28.2. The first kappa shape index (κ1) is 27.5. The molecule has 0 aromatic heterocycles. The molecule has 1 saturated heterocycles. The van der Waals surface area contributed by atoms with Crippen molar-refractivity contribution in [3.8, 4) is 23.3 Å². The largest absolute Gasteiger partial charge is 0.504 e. The van der Waals surface area contributed by atoms with Gasteiger partial charge in [-0.1, -0.05) is 54.5 Å². The molecule has 7 rings (SSSR count). The highest BCUT2D eigenvalue weighted by molar-refractivity contribution is 5.94. The number of likely N-dealkylation sites (tertiary alicyclic amines) is 1. The number of aromatic hydroxyl groups is 1. The van der Waals surface area contributed by atoms with Gasteiger partial charge in [-0.3, -0.25) is 19.8 Å². The molecule has 4 aliphatic rings. The van der Waals surface area contributed by atoms with Gasteiger partial charge in [0.1, 0.15) is 11.5 Å². The van der Waals surface area contributed by atoms with E-state index in [2.05, 4.69) is 28.9 Å². The van der Waals surface area contributed by atoms with Gasteiger partial charge in [0.15, 0.2) is 11.5 Å². The Bertz CT molecular complexity index is 1680. The number of phenolic OH excluding ortho intramolecular Hbond substituents is 1. The molecule has 2 heterocycles. The summed E-state index contributed by atoms with van der Waals surface area (Å²) in [6.45, 7) is 3.38. The van der Waals surface area contributed by atoms with E-state index in [9.17, 15) is 20.0 Å². The van der Waals surface area contributed by atoms with Crippen molar-refractivity contribution < 1.29 is 19.6 Å². The molecule has 0 radical (unpaired) electrons. The van der Waals surface area contributed by atoms with Crippen LogP contribution < -0.4 is 4.74 Å². The number of phenols is 1. The van der Waals surface area contributed by atoms with Gasteiger partial charge in [-0.25, -0.2) is 0 Å². The summed E-state index contributed by atoms with van der Waals surface area (Å²) in [6.07, 6.45) is 1.91. The number of carbonyl (C=O) groups is 1. The maximum absolute atomic E-state index is 13.5. The molecule has 5 atom stereocenters. The molecule has 2 aliphatic heterocycles. The molecule has 2 fully saturated rings. The van der Waals surface area contributed by atoms with Crippen LogP contribution in [0.3, 0.4) is 0 Å². The van der Waals surface area contributed by atoms with Crippen molar-refractivity contribution in [1.29, 1.82) is 0 Å². The molecule has 2 bridgehead atoms. The summed E-state index contributed by atoms with van der Waals surface area (Å²) in [5.74, 6) is 5.77. The number of hydrogen-bond acceptors (Lipinski definition) is 6. The lowest BCUT2D eigenvalue weighted by atomic mass is 9.46. The van der Waals surface area contributed by atoms with Crippen LogP contribution in [0.4, 0.5) is 0 Å². The average molecular weight is 578 g/mol. The number of amides is 1. The third-order valence-corrected chi connectivity index (χ3v) is 10.5. The predicted octanol–water partition coefficient (Wildman–Crippen LogP) is 4.26. The number of aryl methyl sites for hydroxylation is 1. The van der Waals surface area contributed by atoms with Crippen LogP contribution in [0, 0.1) is 28.9 Å². The maximum Gasteiger partial charge on any atom is 0.298 e. The van der Waals surface area contributed by atoms with E-state index >= 15 is 0 Å². The van der Waals surface area contributed by atoms with E-state index < -0.39 is 23.1 Å². The molecular formula is C35H35N3O5. The smallest absolute Gasteiger partial charge is 0.298 e. The molecule has 1 saturated carbocycles. The first-order valence-corrected chi connectivity index (χ1v) is 15.1. The summed E-state index contributed by atoms with van der Waals surface area (Å²) < 4.78 is 6.60. The fourth-order valence-corrected chi connectivity index (χ4v) is 8.65. The molecule has 0 unspecified atom stereocenters. The number of carbonyl (C=O) groups excluding carboxylic acids is 1. The number of likely N-dealkylation sites (N-methyl/N-ethyl adjacent to an activating group) is 1. The Morgan fingerprint density at radius 2 is 1.98 bits per heavy atom. The van der Waals surface area contributed by atoms with E-state index in [0.717, 1.165) is 35.2 Å². The second-order valence-corrected chi connectivity index (χ2v) is 12.5. The highest BCUT2D eigenvalue weighted by Gasteiger charge is 2.80. The van der Waals surface area contributed by atoms with Crippen molar-refractivity contribution in [1.82, 2.24) is 9.80 Å². The number of piperidine rings is 1. The topological polar surface area (TPSA) is 96.2 Å². The molecule has 8 heteroatoms. The zero-order chi connectivity index (χ0) is 29.9. The lowest BCUT2D eigenvalue weighted by Crippen LogP contribution is -2.80. The maximum atomic E-state index is 13.5. The Kier molecular flexibility index (Phi) is 6.48. The molecular weight excluding hydrogens is 542 g/mol. The van der Waals surface area contributed by atoms with Crippen LogP contribution in [0.2, 0.25) is 0 Å². The Hall–Kier alpha value is -4.35. The molecule has 1 amide bonds. The van der Waals surface area contributed by atoms with Crippen LogP contribution in [0.15, 0.2) is 66.7 Å². The standard InChI is InChI=1S/C35H35N3O5/c1-23-7-6-10-25(21-23)11-14-30(40)36(2)27-15-17-35(38(41)42)29-22-26-12-13-28(39)32-31(26)34(35,33(27)43-32)18-20-37(29)19-16-24-8-4-3-5-9-24/h3-10,12-13,21,27,29,33,39H,15-20,22H2,1-2H3/t27-,29+,33-,34-,35+/m0/s1. The number of rotatable bonds is 5. The van der Waals surface area contributed by atoms with Gasteiger partial charge in [0.05, 0.1) is 12.1 Å². The molecule has 43 heavy (non-hydrogen) atoms. The molecule has 1 N–H and O–H groups in total. The fourth-order valence-electron chi connectivity index (χ4n) is 8.65. The van der Waals surface area contributed by atoms with E-state index in [0.29, 0.717) is 38.0 Å². The van der Waals surface area contributed by atoms with Crippen molar-refractivity contribution in [3.05, 3.63) is 105 Å². The van der Waals surface area contributed by atoms with Crippen LogP contribution in [-0.2, 0) is 23.1 Å². The Morgan fingerprint density at radius 3 is 2.74 bits per heavy atom. The number of benzene rings is 3. The molecule has 1 spiro atoms. The van der Waals surface area contributed by atoms with E-state index in [4.69, 9.17) is 4.74 Å². The van der Waals surface area contributed by atoms with E-state index in [1.807, 2.05) is 55.5 Å². The average Bonchev–Trinajstić information content (AvgIpc) is 3.36. The van der Waals surface area contributed by atoms with Crippen LogP contribution in [-0.4, -0.2) is 69.6 Å². The third-order valence-electron chi connectivity index (χ3n) is 10.5. The Labute approximate surface area is 251 Å². The van der Waals surface area contributed by atoms with Gasteiger partial charge in [-0.05, 0) is 74.0 Å². The zero-order valence-corrected chi connectivity index (χ0v) is 24.5. The predicted molar refractivity (Wildman–Crippen MR) is 162 cm³/mol. The number of hydrogen-bond donors (Lipinski definition) is 1. The van der Waals surface area contributed by atoms with Gasteiger partial charge in [-0.15, -0.1) is 0 Å². The van der Waals surface area contributed by atoms with Crippen LogP contribution in [0.5, 0.6) is 11.5 Å². The molecule has 3 aromatic carbocycles. The summed E-state index contributed by atoms with van der Waals surface area (Å²) >= 11 is 0.